The van der Waals surface area contributed by atoms with Crippen LogP contribution in [0.4, 0.5) is 0 Å². The molecule has 1 atom stereocenters. The molecule has 4 rings (SSSR count). The highest BCUT2D eigenvalue weighted by Crippen LogP contribution is 2.39. The fourth-order valence-corrected chi connectivity index (χ4v) is 5.17. The number of piperidine rings is 1. The zero-order chi connectivity index (χ0) is 24.8. The van der Waals surface area contributed by atoms with E-state index in [-0.39, 0.29) is 42.4 Å². The third-order valence-electron chi connectivity index (χ3n) is 7.18. The second kappa shape index (κ2) is 12.3. The highest BCUT2D eigenvalue weighted by atomic mass is 32.1. The molecular formula is C29H35N3O3S. The van der Waals surface area contributed by atoms with Crippen molar-refractivity contribution in [1.82, 2.24) is 14.9 Å². The first-order valence-corrected chi connectivity index (χ1v) is 12.3. The van der Waals surface area contributed by atoms with Crippen LogP contribution in [0.25, 0.3) is 0 Å². The fraction of sp³-hybridized carbons (Fsp3) is 0.379. The van der Waals surface area contributed by atoms with Gasteiger partial charge in [0.15, 0.2) is 5.78 Å². The van der Waals surface area contributed by atoms with Gasteiger partial charge in [0, 0.05) is 37.3 Å². The normalized spacial score (nSPS) is 15.7. The van der Waals surface area contributed by atoms with E-state index in [2.05, 4.69) is 35.9 Å². The molecule has 0 unspecified atom stereocenters. The number of Topliss-reactive ketones (excluding diaryl/α,β-unsaturated/α-hetero) is 1. The monoisotopic (exact) mass is 505 g/mol. The number of benzene rings is 2. The lowest BCUT2D eigenvalue weighted by molar-refractivity contribution is -0.135. The number of nitrogens with zero attached hydrogens (tertiary/aromatic N) is 3. The lowest BCUT2D eigenvalue weighted by Crippen LogP contribution is -2.48. The Labute approximate surface area is 220 Å². The second-order valence-corrected chi connectivity index (χ2v) is 9.75. The van der Waals surface area contributed by atoms with E-state index < -0.39 is 6.61 Å². The Hall–Kier alpha value is -3.03. The minimum absolute atomic E-state index is 0. The third-order valence-corrected chi connectivity index (χ3v) is 7.18. The summed E-state index contributed by atoms with van der Waals surface area (Å²) < 4.78 is 0. The third kappa shape index (κ3) is 6.02. The Balaban J connectivity index is 0.00000361. The van der Waals surface area contributed by atoms with Gasteiger partial charge in [0.25, 0.3) is 0 Å². The Morgan fingerprint density at radius 2 is 1.50 bits per heavy atom. The Kier molecular flexibility index (Phi) is 9.40. The van der Waals surface area contributed by atoms with Crippen LogP contribution in [-0.4, -0.2) is 51.4 Å². The summed E-state index contributed by atoms with van der Waals surface area (Å²) in [5, 5.41) is 9.09. The molecule has 2 heterocycles. The highest BCUT2D eigenvalue weighted by Gasteiger charge is 2.40. The Morgan fingerprint density at radius 1 is 0.944 bits per heavy atom. The minimum atomic E-state index is -0.555. The van der Waals surface area contributed by atoms with Crippen LogP contribution in [0.2, 0.25) is 0 Å². The SMILES string of the molecule is CC(C)[C@H](C(=O)N1CCC(Cc2ncc(C(=O)CO)cn2)(c2ccccc2)CC1)c1ccccc1.S. The number of aromatic nitrogens is 2. The van der Waals surface area contributed by atoms with Gasteiger partial charge in [-0.3, -0.25) is 9.59 Å². The number of aliphatic hydroxyl groups is 1. The molecule has 0 spiro atoms. The molecular weight excluding hydrogens is 470 g/mol. The second-order valence-electron chi connectivity index (χ2n) is 9.75. The molecule has 1 amide bonds. The maximum absolute atomic E-state index is 13.6. The van der Waals surface area contributed by atoms with Crippen molar-refractivity contribution in [3.8, 4) is 0 Å². The van der Waals surface area contributed by atoms with E-state index in [9.17, 15) is 9.59 Å². The molecule has 6 nitrogen and oxygen atoms in total. The highest BCUT2D eigenvalue weighted by molar-refractivity contribution is 7.59. The summed E-state index contributed by atoms with van der Waals surface area (Å²) in [6.07, 6.45) is 5.22. The van der Waals surface area contributed by atoms with Gasteiger partial charge in [0.05, 0.1) is 11.5 Å². The standard InChI is InChI=1S/C29H33N3O3.H2S/c1-21(2)27(22-9-5-3-6-10-22)28(35)32-15-13-29(14-16-32,24-11-7-4-8-12-24)17-26-30-18-23(19-31-26)25(34)20-33;/h3-12,18-19,21,27,33H,13-17,20H2,1-2H3;1H2/t27-;/m0./s1. The van der Waals surface area contributed by atoms with Crippen LogP contribution in [0, 0.1) is 5.92 Å². The van der Waals surface area contributed by atoms with Gasteiger partial charge in [-0.05, 0) is 29.9 Å². The van der Waals surface area contributed by atoms with Gasteiger partial charge < -0.3 is 10.0 Å². The van der Waals surface area contributed by atoms with Crippen molar-refractivity contribution < 1.29 is 14.7 Å². The van der Waals surface area contributed by atoms with E-state index in [1.165, 1.54) is 18.0 Å². The van der Waals surface area contributed by atoms with Crippen LogP contribution in [0.5, 0.6) is 0 Å². The Morgan fingerprint density at radius 3 is 2.03 bits per heavy atom. The molecule has 36 heavy (non-hydrogen) atoms. The van der Waals surface area contributed by atoms with Crippen LogP contribution < -0.4 is 0 Å². The van der Waals surface area contributed by atoms with Crippen molar-refractivity contribution >= 4 is 25.2 Å². The number of hydrogen-bond acceptors (Lipinski definition) is 5. The summed E-state index contributed by atoms with van der Waals surface area (Å²) in [7, 11) is 0. The molecule has 2 aromatic carbocycles. The number of carbonyl (C=O) groups is 2. The van der Waals surface area contributed by atoms with Gasteiger partial charge >= 0.3 is 0 Å². The molecule has 1 aliphatic rings. The van der Waals surface area contributed by atoms with E-state index in [1.807, 2.05) is 53.4 Å². The number of amides is 1. The average molecular weight is 506 g/mol. The summed E-state index contributed by atoms with van der Waals surface area (Å²) in [5.74, 6) is 0.516. The van der Waals surface area contributed by atoms with Crippen molar-refractivity contribution in [2.45, 2.75) is 44.4 Å². The molecule has 0 bridgehead atoms. The number of ketones is 1. The lowest BCUT2D eigenvalue weighted by atomic mass is 9.70. The molecule has 0 aliphatic carbocycles. The number of rotatable bonds is 8. The Bertz CT molecular complexity index is 1130. The maximum Gasteiger partial charge on any atom is 0.230 e. The van der Waals surface area contributed by atoms with E-state index in [4.69, 9.17) is 5.11 Å². The first kappa shape index (κ1) is 27.6. The summed E-state index contributed by atoms with van der Waals surface area (Å²) in [6, 6.07) is 20.4. The van der Waals surface area contributed by atoms with E-state index >= 15 is 0 Å². The van der Waals surface area contributed by atoms with E-state index in [0.717, 1.165) is 18.4 Å². The molecule has 1 fully saturated rings. The summed E-state index contributed by atoms with van der Waals surface area (Å²) >= 11 is 0. The molecule has 1 aliphatic heterocycles. The number of hydrogen-bond donors (Lipinski definition) is 1. The summed E-state index contributed by atoms with van der Waals surface area (Å²) in [5.41, 5.74) is 2.40. The van der Waals surface area contributed by atoms with Gasteiger partial charge in [0.1, 0.15) is 12.4 Å². The van der Waals surface area contributed by atoms with Gasteiger partial charge in [0.2, 0.25) is 5.91 Å². The molecule has 1 aromatic heterocycles. The largest absolute Gasteiger partial charge is 0.388 e. The van der Waals surface area contributed by atoms with Gasteiger partial charge in [-0.1, -0.05) is 74.5 Å². The molecule has 0 radical (unpaired) electrons. The number of carbonyl (C=O) groups excluding carboxylic acids is 2. The lowest BCUT2D eigenvalue weighted by Gasteiger charge is -2.43. The van der Waals surface area contributed by atoms with Gasteiger partial charge in [-0.15, -0.1) is 0 Å². The van der Waals surface area contributed by atoms with Crippen molar-refractivity contribution in [2.24, 2.45) is 5.92 Å². The number of likely N-dealkylation sites (tertiary alicyclic amines) is 1. The van der Waals surface area contributed by atoms with Crippen LogP contribution in [0.3, 0.4) is 0 Å². The van der Waals surface area contributed by atoms with Gasteiger partial charge in [-0.25, -0.2) is 9.97 Å². The molecule has 7 heteroatoms. The predicted octanol–water partition coefficient (Wildman–Crippen LogP) is 4.31. The predicted molar refractivity (Wildman–Crippen MR) is 145 cm³/mol. The average Bonchev–Trinajstić information content (AvgIpc) is 2.90. The zero-order valence-electron chi connectivity index (χ0n) is 20.9. The van der Waals surface area contributed by atoms with E-state index in [1.54, 1.807) is 0 Å². The summed E-state index contributed by atoms with van der Waals surface area (Å²) in [6.45, 7) is 5.00. The van der Waals surface area contributed by atoms with Crippen LogP contribution in [-0.2, 0) is 16.6 Å². The van der Waals surface area contributed by atoms with Crippen LogP contribution in [0.1, 0.15) is 59.9 Å². The molecule has 1 N–H and O–H groups in total. The smallest absolute Gasteiger partial charge is 0.230 e. The van der Waals surface area contributed by atoms with Crippen LogP contribution in [0.15, 0.2) is 73.1 Å². The van der Waals surface area contributed by atoms with Crippen molar-refractivity contribution in [2.75, 3.05) is 19.7 Å². The minimum Gasteiger partial charge on any atom is -0.388 e. The van der Waals surface area contributed by atoms with Gasteiger partial charge in [-0.2, -0.15) is 13.5 Å². The molecule has 3 aromatic rings. The summed E-state index contributed by atoms with van der Waals surface area (Å²) in [4.78, 5) is 36.2. The number of aliphatic hydroxyl groups excluding tert-OH is 1. The maximum atomic E-state index is 13.6. The van der Waals surface area contributed by atoms with Crippen molar-refractivity contribution in [3.05, 3.63) is 95.6 Å². The van der Waals surface area contributed by atoms with Crippen LogP contribution >= 0.6 is 13.5 Å². The van der Waals surface area contributed by atoms with Crippen molar-refractivity contribution in [1.29, 1.82) is 0 Å². The first-order chi connectivity index (χ1) is 16.9. The molecule has 190 valence electrons. The fourth-order valence-electron chi connectivity index (χ4n) is 5.17. The first-order valence-electron chi connectivity index (χ1n) is 12.3. The topological polar surface area (TPSA) is 83.4 Å². The van der Waals surface area contributed by atoms with E-state index in [0.29, 0.717) is 30.9 Å². The molecule has 1 saturated heterocycles. The molecule has 0 saturated carbocycles. The quantitative estimate of drug-likeness (QED) is 0.462. The zero-order valence-corrected chi connectivity index (χ0v) is 21.9. The van der Waals surface area contributed by atoms with Crippen molar-refractivity contribution in [3.63, 3.8) is 0 Å².